The van der Waals surface area contributed by atoms with Crippen molar-refractivity contribution in [3.8, 4) is 0 Å². The van der Waals surface area contributed by atoms with Crippen LogP contribution < -0.4 is 5.73 Å². The molecule has 0 aliphatic carbocycles. The highest BCUT2D eigenvalue weighted by molar-refractivity contribution is 5.78. The summed E-state index contributed by atoms with van der Waals surface area (Å²) in [6.45, 7) is 2.26. The van der Waals surface area contributed by atoms with Gasteiger partial charge in [0.25, 0.3) is 0 Å². The molecular formula is C5H10FNO2. The summed E-state index contributed by atoms with van der Waals surface area (Å²) < 4.78 is 12.2. The molecule has 0 saturated heterocycles. The van der Waals surface area contributed by atoms with E-state index in [1.807, 2.05) is 0 Å². The summed E-state index contributed by atoms with van der Waals surface area (Å²) >= 11 is 0. The summed E-state index contributed by atoms with van der Waals surface area (Å²) in [5, 5.41) is 8.25. The average Bonchev–Trinajstić information content (AvgIpc) is 1.65. The summed E-state index contributed by atoms with van der Waals surface area (Å²) in [5.74, 6) is -1.32. The molecule has 0 saturated carbocycles. The summed E-state index contributed by atoms with van der Waals surface area (Å²) in [6, 6.07) is 0. The van der Waals surface area contributed by atoms with Gasteiger partial charge in [-0.15, -0.1) is 0 Å². The molecule has 0 rings (SSSR count). The maximum atomic E-state index is 12.2. The molecule has 0 aliphatic heterocycles. The van der Waals surface area contributed by atoms with Crippen LogP contribution in [0, 0.1) is 0 Å². The first-order valence-electron chi connectivity index (χ1n) is 2.55. The fraction of sp³-hybridized carbons (Fsp3) is 0.800. The average molecular weight is 135 g/mol. The summed E-state index contributed by atoms with van der Waals surface area (Å²) in [5.41, 5.74) is 3.28. The quantitative estimate of drug-likeness (QED) is 0.566. The predicted octanol–water partition coefficient (Wildman–Crippen LogP) is 0.146. The predicted molar refractivity (Wildman–Crippen MR) is 30.8 cm³/mol. The minimum Gasteiger partial charge on any atom is -0.480 e. The Morgan fingerprint density at radius 3 is 2.22 bits per heavy atom. The Morgan fingerprint density at radius 2 is 2.22 bits per heavy atom. The molecule has 0 fully saturated rings. The van der Waals surface area contributed by atoms with Gasteiger partial charge in [0, 0.05) is 0 Å². The first-order valence-corrected chi connectivity index (χ1v) is 2.55. The maximum Gasteiger partial charge on any atom is 0.326 e. The van der Waals surface area contributed by atoms with Crippen molar-refractivity contribution in [2.24, 2.45) is 5.73 Å². The molecule has 3 N–H and O–H groups in total. The van der Waals surface area contributed by atoms with Crippen LogP contribution in [-0.2, 0) is 4.79 Å². The Bertz CT molecular complexity index is 122. The van der Waals surface area contributed by atoms with E-state index in [4.69, 9.17) is 10.8 Å². The second kappa shape index (κ2) is 2.31. The lowest BCUT2D eigenvalue weighted by Crippen LogP contribution is -2.51. The van der Waals surface area contributed by atoms with Crippen molar-refractivity contribution in [2.45, 2.75) is 25.6 Å². The number of carboxylic acid groups (broad SMARTS) is 1. The molecule has 9 heavy (non-hydrogen) atoms. The van der Waals surface area contributed by atoms with Crippen molar-refractivity contribution in [1.82, 2.24) is 0 Å². The van der Waals surface area contributed by atoms with E-state index in [1.54, 1.807) is 0 Å². The third kappa shape index (κ3) is 1.64. The largest absolute Gasteiger partial charge is 0.480 e. The fourth-order valence-corrected chi connectivity index (χ4v) is 0.170. The molecule has 0 aromatic rings. The SMILES string of the molecule is C[C@@H](F)[C@@](C)(N)C(=O)O. The minimum atomic E-state index is -1.75. The normalized spacial score (nSPS) is 20.4. The number of nitrogens with two attached hydrogens (primary N) is 1. The van der Waals surface area contributed by atoms with Crippen molar-refractivity contribution >= 4 is 5.97 Å². The number of hydrogen-bond acceptors (Lipinski definition) is 2. The van der Waals surface area contributed by atoms with Gasteiger partial charge in [-0.1, -0.05) is 0 Å². The van der Waals surface area contributed by atoms with Crippen LogP contribution in [0.3, 0.4) is 0 Å². The molecule has 0 spiro atoms. The third-order valence-electron chi connectivity index (χ3n) is 1.29. The second-order valence-electron chi connectivity index (χ2n) is 2.20. The highest BCUT2D eigenvalue weighted by atomic mass is 19.1. The van der Waals surface area contributed by atoms with Crippen LogP contribution >= 0.6 is 0 Å². The minimum absolute atomic E-state index is 1.12. The molecular weight excluding hydrogens is 125 g/mol. The Hall–Kier alpha value is -0.640. The van der Waals surface area contributed by atoms with Gasteiger partial charge in [0.1, 0.15) is 11.7 Å². The van der Waals surface area contributed by atoms with Gasteiger partial charge in [-0.05, 0) is 13.8 Å². The van der Waals surface area contributed by atoms with Crippen LogP contribution in [-0.4, -0.2) is 22.8 Å². The van der Waals surface area contributed by atoms with Crippen molar-refractivity contribution < 1.29 is 14.3 Å². The molecule has 0 aromatic heterocycles. The van der Waals surface area contributed by atoms with E-state index in [2.05, 4.69) is 0 Å². The lowest BCUT2D eigenvalue weighted by Gasteiger charge is -2.19. The van der Waals surface area contributed by atoms with E-state index < -0.39 is 17.7 Å². The molecule has 0 bridgehead atoms. The number of halogens is 1. The molecule has 4 heteroatoms. The Morgan fingerprint density at radius 1 is 1.89 bits per heavy atom. The zero-order valence-electron chi connectivity index (χ0n) is 5.39. The third-order valence-corrected chi connectivity index (χ3v) is 1.29. The lowest BCUT2D eigenvalue weighted by atomic mass is 9.99. The van der Waals surface area contributed by atoms with Crippen LogP contribution in [0.4, 0.5) is 4.39 Å². The molecule has 0 amide bonds. The fourth-order valence-electron chi connectivity index (χ4n) is 0.170. The standard InChI is InChI=1S/C5H10FNO2/c1-3(6)5(2,7)4(8)9/h3H,7H2,1-2H3,(H,8,9)/t3-,5-/m1/s1. The van der Waals surface area contributed by atoms with Gasteiger partial charge in [0.2, 0.25) is 0 Å². The van der Waals surface area contributed by atoms with E-state index in [0.29, 0.717) is 0 Å². The van der Waals surface area contributed by atoms with E-state index in [-0.39, 0.29) is 0 Å². The highest BCUT2D eigenvalue weighted by Gasteiger charge is 2.34. The molecule has 54 valence electrons. The number of carboxylic acids is 1. The zero-order valence-corrected chi connectivity index (χ0v) is 5.39. The Kier molecular flexibility index (Phi) is 2.14. The monoisotopic (exact) mass is 135 g/mol. The van der Waals surface area contributed by atoms with Gasteiger partial charge in [-0.3, -0.25) is 4.79 Å². The van der Waals surface area contributed by atoms with Gasteiger partial charge in [0.15, 0.2) is 0 Å². The smallest absolute Gasteiger partial charge is 0.326 e. The summed E-state index contributed by atoms with van der Waals surface area (Å²) in [7, 11) is 0. The maximum absolute atomic E-state index is 12.2. The first kappa shape index (κ1) is 8.36. The number of carbonyl (C=O) groups is 1. The molecule has 2 atom stereocenters. The van der Waals surface area contributed by atoms with Gasteiger partial charge in [0.05, 0.1) is 0 Å². The van der Waals surface area contributed by atoms with Gasteiger partial charge in [-0.2, -0.15) is 0 Å². The molecule has 0 radical (unpaired) electrons. The van der Waals surface area contributed by atoms with E-state index in [1.165, 1.54) is 0 Å². The number of rotatable bonds is 2. The molecule has 0 aliphatic rings. The number of alkyl halides is 1. The van der Waals surface area contributed by atoms with Gasteiger partial charge in [-0.25, -0.2) is 4.39 Å². The Balaban J connectivity index is 4.19. The number of aliphatic carboxylic acids is 1. The molecule has 0 unspecified atom stereocenters. The van der Waals surface area contributed by atoms with E-state index in [9.17, 15) is 9.18 Å². The van der Waals surface area contributed by atoms with Crippen LogP contribution in [0.5, 0.6) is 0 Å². The topological polar surface area (TPSA) is 63.3 Å². The van der Waals surface area contributed by atoms with Crippen LogP contribution in [0.2, 0.25) is 0 Å². The molecule has 0 heterocycles. The summed E-state index contributed by atoms with van der Waals surface area (Å²) in [4.78, 5) is 10.1. The number of hydrogen-bond donors (Lipinski definition) is 2. The van der Waals surface area contributed by atoms with Crippen LogP contribution in [0.15, 0.2) is 0 Å². The van der Waals surface area contributed by atoms with E-state index in [0.717, 1.165) is 13.8 Å². The Labute approximate surface area is 52.7 Å². The zero-order chi connectivity index (χ0) is 7.65. The molecule has 3 nitrogen and oxygen atoms in total. The van der Waals surface area contributed by atoms with Crippen molar-refractivity contribution in [1.29, 1.82) is 0 Å². The van der Waals surface area contributed by atoms with Gasteiger partial charge < -0.3 is 10.8 Å². The summed E-state index contributed by atoms with van der Waals surface area (Å²) in [6.07, 6.45) is -1.53. The van der Waals surface area contributed by atoms with E-state index >= 15 is 0 Å². The highest BCUT2D eigenvalue weighted by Crippen LogP contribution is 2.08. The van der Waals surface area contributed by atoms with Crippen molar-refractivity contribution in [3.63, 3.8) is 0 Å². The van der Waals surface area contributed by atoms with Crippen LogP contribution in [0.25, 0.3) is 0 Å². The van der Waals surface area contributed by atoms with Crippen molar-refractivity contribution in [2.75, 3.05) is 0 Å². The molecule has 0 aromatic carbocycles. The first-order chi connectivity index (χ1) is 3.89. The van der Waals surface area contributed by atoms with Gasteiger partial charge >= 0.3 is 5.97 Å². The lowest BCUT2D eigenvalue weighted by molar-refractivity contribution is -0.144. The second-order valence-corrected chi connectivity index (χ2v) is 2.20. The van der Waals surface area contributed by atoms with Crippen molar-refractivity contribution in [3.05, 3.63) is 0 Å². The van der Waals surface area contributed by atoms with Crippen LogP contribution in [0.1, 0.15) is 13.8 Å².